The number of likely N-dealkylation sites (tertiary alicyclic amines) is 1. The van der Waals surface area contributed by atoms with Gasteiger partial charge in [-0.3, -0.25) is 9.78 Å². The summed E-state index contributed by atoms with van der Waals surface area (Å²) in [6, 6.07) is 15.3. The summed E-state index contributed by atoms with van der Waals surface area (Å²) in [5.41, 5.74) is 1.61. The molecule has 0 bridgehead atoms. The largest absolute Gasteiger partial charge is 0.497 e. The number of aliphatic hydroxyl groups excluding tert-OH is 1. The summed E-state index contributed by atoms with van der Waals surface area (Å²) in [6.07, 6.45) is 4.00. The van der Waals surface area contributed by atoms with Crippen LogP contribution < -0.4 is 4.74 Å². The van der Waals surface area contributed by atoms with Gasteiger partial charge in [-0.2, -0.15) is 0 Å². The number of aromatic nitrogens is 1. The number of hydrogen-bond acceptors (Lipinski definition) is 6. The number of aliphatic carboxylic acids is 1. The average Bonchev–Trinajstić information content (AvgIpc) is 2.90. The van der Waals surface area contributed by atoms with Crippen LogP contribution in [0.4, 0.5) is 0 Å². The number of carboxylic acid groups (broad SMARTS) is 1. The van der Waals surface area contributed by atoms with Gasteiger partial charge in [0.1, 0.15) is 5.75 Å². The van der Waals surface area contributed by atoms with Crippen LogP contribution in [0.3, 0.4) is 0 Å². The number of benzene rings is 2. The van der Waals surface area contributed by atoms with Crippen molar-refractivity contribution < 1.29 is 19.7 Å². The van der Waals surface area contributed by atoms with Gasteiger partial charge in [0.25, 0.3) is 0 Å². The highest BCUT2D eigenvalue weighted by Crippen LogP contribution is 2.34. The molecule has 4 rings (SSSR count). The fourth-order valence-electron chi connectivity index (χ4n) is 5.02. The van der Waals surface area contributed by atoms with Crippen molar-refractivity contribution in [2.24, 2.45) is 11.8 Å². The van der Waals surface area contributed by atoms with Gasteiger partial charge in [0.2, 0.25) is 0 Å². The average molecular weight is 529 g/mol. The summed E-state index contributed by atoms with van der Waals surface area (Å²) in [5.74, 6) is 0.541. The summed E-state index contributed by atoms with van der Waals surface area (Å²) < 4.78 is 5.34. The van der Waals surface area contributed by atoms with E-state index in [1.54, 1.807) is 25.1 Å². The molecule has 2 aromatic carbocycles. The van der Waals surface area contributed by atoms with Crippen LogP contribution in [0.15, 0.2) is 59.6 Å². The van der Waals surface area contributed by atoms with Crippen LogP contribution >= 0.6 is 23.4 Å². The number of methoxy groups -OCH3 is 1. The molecule has 0 unspecified atom stereocenters. The lowest BCUT2D eigenvalue weighted by molar-refractivity contribution is -0.146. The first-order valence-corrected chi connectivity index (χ1v) is 13.8. The number of aliphatic hydroxyl groups is 1. The topological polar surface area (TPSA) is 82.9 Å². The third kappa shape index (κ3) is 6.71. The summed E-state index contributed by atoms with van der Waals surface area (Å²) in [6.45, 7) is 2.32. The Labute approximate surface area is 221 Å². The molecule has 3 atom stereocenters. The summed E-state index contributed by atoms with van der Waals surface area (Å²) in [7, 11) is 1.61. The van der Waals surface area contributed by atoms with E-state index in [-0.39, 0.29) is 5.92 Å². The maximum absolute atomic E-state index is 12.1. The second-order valence-corrected chi connectivity index (χ2v) is 10.8. The first kappa shape index (κ1) is 26.7. The van der Waals surface area contributed by atoms with E-state index in [0.717, 1.165) is 58.1 Å². The molecule has 2 N–H and O–H groups in total. The first-order valence-electron chi connectivity index (χ1n) is 12.4. The monoisotopic (exact) mass is 528 g/mol. The number of ether oxygens (including phenoxy) is 1. The molecule has 36 heavy (non-hydrogen) atoms. The van der Waals surface area contributed by atoms with Crippen LogP contribution in [0.5, 0.6) is 5.75 Å². The normalized spacial score (nSPS) is 19.3. The third-order valence-corrected chi connectivity index (χ3v) is 8.62. The standard InChI is InChI=1S/C28H33ClN2O4S/c1-35-20-8-9-25-22(17-20)21(11-13-30-25)26(32)10-7-19-12-15-31(18-23(19)28(33)34)14-4-16-36-27-6-3-2-5-24(27)29/h2-3,5-6,8-9,11,13,17,19,23,26,32H,4,7,10,12,14-16,18H2,1H3,(H,33,34)/t19-,23+,26+/m1/s1. The number of thioether (sulfide) groups is 1. The maximum Gasteiger partial charge on any atom is 0.308 e. The van der Waals surface area contributed by atoms with Crippen molar-refractivity contribution >= 4 is 40.2 Å². The number of halogens is 1. The van der Waals surface area contributed by atoms with Crippen molar-refractivity contribution in [3.63, 3.8) is 0 Å². The fraction of sp³-hybridized carbons (Fsp3) is 0.429. The molecule has 8 heteroatoms. The number of hydrogen-bond donors (Lipinski definition) is 2. The molecule has 0 aliphatic carbocycles. The van der Waals surface area contributed by atoms with E-state index in [9.17, 15) is 15.0 Å². The van der Waals surface area contributed by atoms with E-state index in [4.69, 9.17) is 16.3 Å². The Bertz CT molecular complexity index is 1180. The first-order chi connectivity index (χ1) is 17.5. The number of carbonyl (C=O) groups is 1. The number of nitrogens with zero attached hydrogens (tertiary/aromatic N) is 2. The molecule has 0 spiro atoms. The van der Waals surface area contributed by atoms with Crippen LogP contribution in [-0.4, -0.2) is 58.6 Å². The molecule has 0 amide bonds. The second kappa shape index (κ2) is 12.8. The van der Waals surface area contributed by atoms with Crippen molar-refractivity contribution in [2.75, 3.05) is 32.5 Å². The van der Waals surface area contributed by atoms with Crippen LogP contribution in [0, 0.1) is 11.8 Å². The van der Waals surface area contributed by atoms with Crippen molar-refractivity contribution in [2.45, 2.75) is 36.7 Å². The van der Waals surface area contributed by atoms with E-state index >= 15 is 0 Å². The molecule has 1 saturated heterocycles. The Morgan fingerprint density at radius 2 is 2.11 bits per heavy atom. The van der Waals surface area contributed by atoms with Crippen LogP contribution in [-0.2, 0) is 4.79 Å². The lowest BCUT2D eigenvalue weighted by Gasteiger charge is -2.37. The molecule has 6 nitrogen and oxygen atoms in total. The number of carboxylic acids is 1. The van der Waals surface area contributed by atoms with Crippen molar-refractivity contribution in [1.29, 1.82) is 0 Å². The molecule has 1 aliphatic rings. The lowest BCUT2D eigenvalue weighted by Crippen LogP contribution is -2.44. The van der Waals surface area contributed by atoms with Gasteiger partial charge in [0.15, 0.2) is 0 Å². The highest BCUT2D eigenvalue weighted by Gasteiger charge is 2.34. The summed E-state index contributed by atoms with van der Waals surface area (Å²) in [5, 5.41) is 22.6. The van der Waals surface area contributed by atoms with Gasteiger partial charge >= 0.3 is 5.97 Å². The van der Waals surface area contributed by atoms with Gasteiger partial charge in [0, 0.05) is 23.0 Å². The SMILES string of the molecule is COc1ccc2nccc([C@@H](O)CC[C@@H]3CCN(CCCSc4ccccc4Cl)C[C@@H]3C(=O)O)c2c1. The minimum Gasteiger partial charge on any atom is -0.497 e. The molecule has 3 aromatic rings. The lowest BCUT2D eigenvalue weighted by atomic mass is 9.81. The van der Waals surface area contributed by atoms with Gasteiger partial charge in [0.05, 0.1) is 29.7 Å². The predicted octanol–water partition coefficient (Wildman–Crippen LogP) is 5.92. The van der Waals surface area contributed by atoms with Gasteiger partial charge < -0.3 is 19.8 Å². The molecule has 1 aliphatic heterocycles. The van der Waals surface area contributed by atoms with Crippen molar-refractivity contribution in [3.8, 4) is 5.75 Å². The molecule has 1 fully saturated rings. The molecule has 0 radical (unpaired) electrons. The molecule has 2 heterocycles. The number of pyridine rings is 1. The van der Waals surface area contributed by atoms with Crippen LogP contribution in [0.2, 0.25) is 5.02 Å². The minimum absolute atomic E-state index is 0.0496. The Balaban J connectivity index is 1.30. The minimum atomic E-state index is -0.747. The number of piperidine rings is 1. The molecular weight excluding hydrogens is 496 g/mol. The third-order valence-electron chi connectivity index (χ3n) is 7.02. The molecule has 0 saturated carbocycles. The van der Waals surface area contributed by atoms with E-state index in [1.165, 1.54) is 0 Å². The van der Waals surface area contributed by atoms with Crippen molar-refractivity contribution in [3.05, 3.63) is 65.3 Å². The highest BCUT2D eigenvalue weighted by molar-refractivity contribution is 7.99. The maximum atomic E-state index is 12.1. The zero-order valence-corrected chi connectivity index (χ0v) is 22.0. The van der Waals surface area contributed by atoms with Crippen LogP contribution in [0.25, 0.3) is 10.9 Å². The number of fused-ring (bicyclic) bond motifs is 1. The van der Waals surface area contributed by atoms with E-state index in [0.29, 0.717) is 25.1 Å². The number of rotatable bonds is 11. The highest BCUT2D eigenvalue weighted by atomic mass is 35.5. The predicted molar refractivity (Wildman–Crippen MR) is 145 cm³/mol. The molecule has 1 aromatic heterocycles. The van der Waals surface area contributed by atoms with E-state index < -0.39 is 18.0 Å². The van der Waals surface area contributed by atoms with Crippen molar-refractivity contribution in [1.82, 2.24) is 9.88 Å². The Morgan fingerprint density at radius 1 is 1.28 bits per heavy atom. The van der Waals surface area contributed by atoms with Gasteiger partial charge in [-0.1, -0.05) is 23.7 Å². The second-order valence-electron chi connectivity index (χ2n) is 9.30. The van der Waals surface area contributed by atoms with Gasteiger partial charge in [-0.05, 0) is 92.4 Å². The van der Waals surface area contributed by atoms with Crippen LogP contribution in [0.1, 0.15) is 37.4 Å². The quantitative estimate of drug-likeness (QED) is 0.236. The van der Waals surface area contributed by atoms with Gasteiger partial charge in [-0.25, -0.2) is 0 Å². The Kier molecular flexibility index (Phi) is 9.48. The Morgan fingerprint density at radius 3 is 2.89 bits per heavy atom. The summed E-state index contributed by atoms with van der Waals surface area (Å²) in [4.78, 5) is 19.8. The zero-order valence-electron chi connectivity index (χ0n) is 20.5. The molecule has 192 valence electrons. The van der Waals surface area contributed by atoms with E-state index in [2.05, 4.69) is 9.88 Å². The summed E-state index contributed by atoms with van der Waals surface area (Å²) >= 11 is 7.97. The zero-order chi connectivity index (χ0) is 25.5. The fourth-order valence-corrected chi connectivity index (χ4v) is 6.19. The molecular formula is C28H33ClN2O4S. The van der Waals surface area contributed by atoms with E-state index in [1.807, 2.05) is 48.5 Å². The van der Waals surface area contributed by atoms with Gasteiger partial charge in [-0.15, -0.1) is 11.8 Å². The smallest absolute Gasteiger partial charge is 0.308 e. The Hall–Kier alpha value is -2.32.